The zero-order valence-electron chi connectivity index (χ0n) is 5.20. The predicted octanol–water partition coefficient (Wildman–Crippen LogP) is 2.13. The van der Waals surface area contributed by atoms with Crippen LogP contribution in [0.25, 0.3) is 0 Å². The lowest BCUT2D eigenvalue weighted by Gasteiger charge is -1.92. The highest BCUT2D eigenvalue weighted by Gasteiger charge is 2.12. The molecule has 1 aromatic rings. The van der Waals surface area contributed by atoms with Crippen LogP contribution in [0.2, 0.25) is 15.1 Å². The fourth-order valence-corrected chi connectivity index (χ4v) is 1.53. The number of rotatable bonds is 1. The number of nitroso groups, excluding NO2 is 1. The van der Waals surface area contributed by atoms with Crippen molar-refractivity contribution in [3.63, 3.8) is 0 Å². The lowest BCUT2D eigenvalue weighted by atomic mass is 10.3. The van der Waals surface area contributed by atoms with E-state index in [2.05, 4.69) is 0 Å². The van der Waals surface area contributed by atoms with Gasteiger partial charge < -0.3 is 0 Å². The highest BCUT2D eigenvalue weighted by Crippen LogP contribution is 2.29. The van der Waals surface area contributed by atoms with E-state index in [9.17, 15) is 4.91 Å². The van der Waals surface area contributed by atoms with Gasteiger partial charge in [0.1, 0.15) is 10.0 Å². The molecule has 0 aromatic heterocycles. The first-order chi connectivity index (χ1) is 5.15. The Balaban J connectivity index is 3.36. The van der Waals surface area contributed by atoms with Crippen LogP contribution in [0.3, 0.4) is 0 Å². The van der Waals surface area contributed by atoms with Crippen molar-refractivity contribution in [2.75, 3.05) is 0 Å². The summed E-state index contributed by atoms with van der Waals surface area (Å²) in [5.74, 6) is 0. The third kappa shape index (κ3) is 1.83. The molecule has 0 fully saturated rings. The predicted molar refractivity (Wildman–Crippen MR) is 45.5 cm³/mol. The summed E-state index contributed by atoms with van der Waals surface area (Å²) in [6.45, 7) is 0. The molecule has 1 N–H and O–H groups in total. The van der Waals surface area contributed by atoms with E-state index in [4.69, 9.17) is 34.8 Å². The Morgan fingerprint density at radius 1 is 1.09 bits per heavy atom. The number of halogens is 3. The Morgan fingerprint density at radius 3 is 1.91 bits per heavy atom. The summed E-state index contributed by atoms with van der Waals surface area (Å²) >= 11 is 16.8. The van der Waals surface area contributed by atoms with Crippen molar-refractivity contribution < 1.29 is 5.18 Å². The third-order valence-electron chi connectivity index (χ3n) is 1.11. The number of hydrogen-bond donors (Lipinski definition) is 1. The van der Waals surface area contributed by atoms with Crippen LogP contribution in [-0.2, 0) is 0 Å². The molecule has 0 aliphatic heterocycles. The van der Waals surface area contributed by atoms with Gasteiger partial charge in [0.05, 0.1) is 0 Å². The SMILES string of the molecule is O=[NH+]c1c(Cl)cc(Cl)cc1Cl. The van der Waals surface area contributed by atoms with E-state index >= 15 is 0 Å². The Kier molecular flexibility index (Phi) is 2.71. The molecule has 0 bridgehead atoms. The monoisotopic (exact) mass is 210 g/mol. The van der Waals surface area contributed by atoms with E-state index in [-0.39, 0.29) is 15.7 Å². The first-order valence-corrected chi connectivity index (χ1v) is 3.81. The maximum atomic E-state index is 10.2. The van der Waals surface area contributed by atoms with Crippen molar-refractivity contribution in [1.82, 2.24) is 0 Å². The van der Waals surface area contributed by atoms with Gasteiger partial charge in [0.25, 0.3) is 5.69 Å². The minimum atomic E-state index is 0.151. The van der Waals surface area contributed by atoms with Gasteiger partial charge in [-0.15, -0.1) is 0 Å². The second-order valence-corrected chi connectivity index (χ2v) is 3.10. The first kappa shape index (κ1) is 8.78. The minimum Gasteiger partial charge on any atom is -0.0842 e. The molecule has 58 valence electrons. The number of hydrogen-bond acceptors (Lipinski definition) is 1. The van der Waals surface area contributed by atoms with E-state index in [1.165, 1.54) is 12.1 Å². The van der Waals surface area contributed by atoms with E-state index in [0.717, 1.165) is 0 Å². The van der Waals surface area contributed by atoms with Crippen molar-refractivity contribution in [2.24, 2.45) is 0 Å². The first-order valence-electron chi connectivity index (χ1n) is 2.68. The van der Waals surface area contributed by atoms with E-state index in [1.54, 1.807) is 5.18 Å². The smallest absolute Gasteiger partial charge is 0.0842 e. The molecule has 0 amide bonds. The van der Waals surface area contributed by atoms with Crippen LogP contribution >= 0.6 is 34.8 Å². The van der Waals surface area contributed by atoms with Crippen LogP contribution < -0.4 is 5.18 Å². The molecule has 0 saturated heterocycles. The summed E-state index contributed by atoms with van der Waals surface area (Å²) in [5.41, 5.74) is 0.151. The minimum absolute atomic E-state index is 0.151. The normalized spacial score (nSPS) is 9.73. The van der Waals surface area contributed by atoms with E-state index in [0.29, 0.717) is 5.02 Å². The standard InChI is InChI=1S/C6H2Cl3NO/c7-3-1-4(8)6(10-11)5(9)2-3/h1-2H/p+1. The zero-order valence-corrected chi connectivity index (χ0v) is 7.46. The van der Waals surface area contributed by atoms with Gasteiger partial charge in [-0.05, 0) is 12.1 Å². The Labute approximate surface area is 78.0 Å². The second-order valence-electron chi connectivity index (χ2n) is 1.85. The van der Waals surface area contributed by atoms with Gasteiger partial charge in [-0.2, -0.15) is 0 Å². The fraction of sp³-hybridized carbons (Fsp3) is 0. The molecule has 0 spiro atoms. The lowest BCUT2D eigenvalue weighted by molar-refractivity contribution is -0.379. The molecule has 1 aromatic carbocycles. The maximum absolute atomic E-state index is 10.2. The molecule has 0 radical (unpaired) electrons. The Hall–Kier alpha value is -0.310. The molecule has 0 atom stereocenters. The topological polar surface area (TPSA) is 31.0 Å². The van der Waals surface area contributed by atoms with Crippen LogP contribution in [0, 0.1) is 4.91 Å². The van der Waals surface area contributed by atoms with Crippen LogP contribution in [0.1, 0.15) is 0 Å². The quantitative estimate of drug-likeness (QED) is 0.758. The molecule has 0 aliphatic carbocycles. The summed E-state index contributed by atoms with van der Waals surface area (Å²) in [5, 5.41) is 2.46. The molecular weight excluding hydrogens is 208 g/mol. The van der Waals surface area contributed by atoms with Crippen molar-refractivity contribution in [3.05, 3.63) is 32.1 Å². The van der Waals surface area contributed by atoms with Gasteiger partial charge in [0.2, 0.25) is 0 Å². The van der Waals surface area contributed by atoms with E-state index in [1.807, 2.05) is 0 Å². The maximum Gasteiger partial charge on any atom is 0.290 e. The van der Waals surface area contributed by atoms with Crippen LogP contribution in [-0.4, -0.2) is 0 Å². The molecule has 11 heavy (non-hydrogen) atoms. The molecule has 0 aliphatic rings. The van der Waals surface area contributed by atoms with Crippen LogP contribution in [0.4, 0.5) is 5.69 Å². The van der Waals surface area contributed by atoms with Gasteiger partial charge in [0.15, 0.2) is 0 Å². The summed E-state index contributed by atoms with van der Waals surface area (Å²) in [6, 6.07) is 2.88. The zero-order chi connectivity index (χ0) is 8.43. The average molecular weight is 211 g/mol. The van der Waals surface area contributed by atoms with Crippen molar-refractivity contribution in [2.45, 2.75) is 0 Å². The highest BCUT2D eigenvalue weighted by molar-refractivity contribution is 6.40. The van der Waals surface area contributed by atoms with Gasteiger partial charge in [-0.25, -0.2) is 0 Å². The summed E-state index contributed by atoms with van der Waals surface area (Å²) in [4.78, 5) is 10.2. The number of benzene rings is 1. The van der Waals surface area contributed by atoms with Crippen molar-refractivity contribution in [3.8, 4) is 0 Å². The fourth-order valence-electron chi connectivity index (χ4n) is 0.640. The Bertz CT molecular complexity index is 277. The summed E-state index contributed by atoms with van der Waals surface area (Å²) in [7, 11) is 0. The van der Waals surface area contributed by atoms with E-state index < -0.39 is 0 Å². The summed E-state index contributed by atoms with van der Waals surface area (Å²) < 4.78 is 0. The van der Waals surface area contributed by atoms with Crippen molar-refractivity contribution >= 4 is 40.5 Å². The molecule has 1 rings (SSSR count). The average Bonchev–Trinajstić information content (AvgIpc) is 1.85. The molecule has 5 heteroatoms. The summed E-state index contributed by atoms with van der Waals surface area (Å²) in [6.07, 6.45) is 0. The molecular formula is C6H3Cl3NO+. The third-order valence-corrected chi connectivity index (χ3v) is 1.92. The molecule has 0 saturated carbocycles. The van der Waals surface area contributed by atoms with Gasteiger partial charge in [-0.1, -0.05) is 34.8 Å². The van der Waals surface area contributed by atoms with Gasteiger partial charge in [-0.3, -0.25) is 0 Å². The lowest BCUT2D eigenvalue weighted by Crippen LogP contribution is -2.56. The van der Waals surface area contributed by atoms with Gasteiger partial charge >= 0.3 is 0 Å². The second kappa shape index (κ2) is 3.39. The highest BCUT2D eigenvalue weighted by atomic mass is 35.5. The Morgan fingerprint density at radius 2 is 1.55 bits per heavy atom. The van der Waals surface area contributed by atoms with Crippen LogP contribution in [0.5, 0.6) is 0 Å². The van der Waals surface area contributed by atoms with Crippen LogP contribution in [0.15, 0.2) is 12.1 Å². The van der Waals surface area contributed by atoms with Crippen molar-refractivity contribution in [1.29, 1.82) is 0 Å². The van der Waals surface area contributed by atoms with Gasteiger partial charge in [0, 0.05) is 15.1 Å². The number of nitrogens with one attached hydrogen (secondary N) is 1. The molecule has 0 unspecified atom stereocenters. The molecule has 2 nitrogen and oxygen atoms in total. The largest absolute Gasteiger partial charge is 0.290 e. The molecule has 0 heterocycles.